The molecule has 0 fully saturated rings. The summed E-state index contributed by atoms with van der Waals surface area (Å²) in [5.74, 6) is 0.679. The van der Waals surface area contributed by atoms with Crippen molar-refractivity contribution in [1.29, 1.82) is 0 Å². The summed E-state index contributed by atoms with van der Waals surface area (Å²) in [6.07, 6.45) is 0.786. The molecule has 0 saturated carbocycles. The standard InChI is InChI=1S/C20H20ClFN4O2S/c1-26-18(12-28-17-8-7-15(22)11-16(17)21)24-25-20(26)29-13-19(27)23-10-9-14-5-3-2-4-6-14/h2-8,11H,9-10,12-13H2,1H3,(H,23,27). The third kappa shape index (κ3) is 6.20. The van der Waals surface area contributed by atoms with Gasteiger partial charge < -0.3 is 14.6 Å². The second kappa shape index (κ2) is 10.3. The zero-order valence-corrected chi connectivity index (χ0v) is 17.3. The summed E-state index contributed by atoms with van der Waals surface area (Å²) < 4.78 is 20.4. The minimum absolute atomic E-state index is 0.0650. The number of carbonyl (C=O) groups is 1. The lowest BCUT2D eigenvalue weighted by Crippen LogP contribution is -2.27. The molecule has 0 atom stereocenters. The number of ether oxygens (including phenoxy) is 1. The molecule has 2 aromatic carbocycles. The minimum atomic E-state index is -0.429. The van der Waals surface area contributed by atoms with Gasteiger partial charge in [-0.25, -0.2) is 4.39 Å². The van der Waals surface area contributed by atoms with E-state index in [1.807, 2.05) is 30.3 Å². The van der Waals surface area contributed by atoms with Gasteiger partial charge in [-0.15, -0.1) is 10.2 Å². The molecule has 3 rings (SSSR count). The quantitative estimate of drug-likeness (QED) is 0.521. The predicted molar refractivity (Wildman–Crippen MR) is 111 cm³/mol. The van der Waals surface area contributed by atoms with Gasteiger partial charge in [-0.3, -0.25) is 4.79 Å². The van der Waals surface area contributed by atoms with Crippen LogP contribution in [0.15, 0.2) is 53.7 Å². The number of hydrogen-bond acceptors (Lipinski definition) is 5. The van der Waals surface area contributed by atoms with Gasteiger partial charge in [0, 0.05) is 13.6 Å². The monoisotopic (exact) mass is 434 g/mol. The molecule has 0 aliphatic rings. The first kappa shape index (κ1) is 21.1. The molecule has 0 aliphatic carbocycles. The Morgan fingerprint density at radius 3 is 2.79 bits per heavy atom. The molecule has 6 nitrogen and oxygen atoms in total. The number of thioether (sulfide) groups is 1. The highest BCUT2D eigenvalue weighted by Gasteiger charge is 2.13. The Bertz CT molecular complexity index is 968. The number of hydrogen-bond donors (Lipinski definition) is 1. The van der Waals surface area contributed by atoms with Crippen LogP contribution >= 0.6 is 23.4 Å². The molecular weight excluding hydrogens is 415 g/mol. The Balaban J connectivity index is 1.44. The molecule has 1 heterocycles. The van der Waals surface area contributed by atoms with E-state index in [-0.39, 0.29) is 23.3 Å². The van der Waals surface area contributed by atoms with Crippen LogP contribution < -0.4 is 10.1 Å². The van der Waals surface area contributed by atoms with Crippen molar-refractivity contribution in [2.24, 2.45) is 7.05 Å². The van der Waals surface area contributed by atoms with E-state index >= 15 is 0 Å². The van der Waals surface area contributed by atoms with E-state index in [4.69, 9.17) is 16.3 Å². The highest BCUT2D eigenvalue weighted by Crippen LogP contribution is 2.26. The fraction of sp³-hybridized carbons (Fsp3) is 0.250. The summed E-state index contributed by atoms with van der Waals surface area (Å²) in [6, 6.07) is 13.9. The molecule has 0 radical (unpaired) electrons. The van der Waals surface area contributed by atoms with Gasteiger partial charge in [0.15, 0.2) is 11.0 Å². The molecule has 1 N–H and O–H groups in total. The van der Waals surface area contributed by atoms with Gasteiger partial charge in [-0.05, 0) is 30.2 Å². The van der Waals surface area contributed by atoms with E-state index in [2.05, 4.69) is 15.5 Å². The average Bonchev–Trinajstić information content (AvgIpc) is 3.06. The van der Waals surface area contributed by atoms with Crippen LogP contribution in [0.5, 0.6) is 5.75 Å². The molecule has 0 bridgehead atoms. The first-order valence-electron chi connectivity index (χ1n) is 8.92. The summed E-state index contributed by atoms with van der Waals surface area (Å²) in [4.78, 5) is 12.0. The molecule has 0 spiro atoms. The normalized spacial score (nSPS) is 10.7. The second-order valence-electron chi connectivity index (χ2n) is 6.20. The first-order chi connectivity index (χ1) is 14.0. The van der Waals surface area contributed by atoms with Crippen molar-refractivity contribution in [3.63, 3.8) is 0 Å². The molecule has 0 aliphatic heterocycles. The fourth-order valence-corrected chi connectivity index (χ4v) is 3.48. The summed E-state index contributed by atoms with van der Waals surface area (Å²) in [5.41, 5.74) is 1.18. The van der Waals surface area contributed by atoms with Gasteiger partial charge in [0.1, 0.15) is 18.2 Å². The van der Waals surface area contributed by atoms with Crippen molar-refractivity contribution >= 4 is 29.3 Å². The number of amides is 1. The Morgan fingerprint density at radius 2 is 2.03 bits per heavy atom. The van der Waals surface area contributed by atoms with Gasteiger partial charge in [0.05, 0.1) is 10.8 Å². The maximum Gasteiger partial charge on any atom is 0.230 e. The molecule has 152 valence electrons. The highest BCUT2D eigenvalue weighted by atomic mass is 35.5. The van der Waals surface area contributed by atoms with E-state index in [9.17, 15) is 9.18 Å². The molecule has 0 unspecified atom stereocenters. The molecule has 29 heavy (non-hydrogen) atoms. The summed E-state index contributed by atoms with van der Waals surface area (Å²) in [7, 11) is 1.79. The van der Waals surface area contributed by atoms with Gasteiger partial charge in [-0.1, -0.05) is 53.7 Å². The van der Waals surface area contributed by atoms with E-state index in [0.29, 0.717) is 23.3 Å². The zero-order chi connectivity index (χ0) is 20.6. The van der Waals surface area contributed by atoms with Gasteiger partial charge in [0.25, 0.3) is 0 Å². The van der Waals surface area contributed by atoms with Crippen LogP contribution in [0.25, 0.3) is 0 Å². The van der Waals surface area contributed by atoms with Crippen LogP contribution in [0.4, 0.5) is 4.39 Å². The van der Waals surface area contributed by atoms with Crippen LogP contribution in [-0.2, 0) is 24.9 Å². The lowest BCUT2D eigenvalue weighted by Gasteiger charge is -2.08. The molecule has 3 aromatic rings. The lowest BCUT2D eigenvalue weighted by atomic mass is 10.1. The van der Waals surface area contributed by atoms with Gasteiger partial charge in [0.2, 0.25) is 5.91 Å². The molecule has 0 saturated heterocycles. The number of rotatable bonds is 9. The van der Waals surface area contributed by atoms with Gasteiger partial charge in [-0.2, -0.15) is 0 Å². The third-order valence-electron chi connectivity index (χ3n) is 4.09. The van der Waals surface area contributed by atoms with Crippen molar-refractivity contribution in [2.45, 2.75) is 18.2 Å². The number of nitrogens with one attached hydrogen (secondary N) is 1. The van der Waals surface area contributed by atoms with E-state index in [1.54, 1.807) is 11.6 Å². The van der Waals surface area contributed by atoms with Crippen LogP contribution in [0.1, 0.15) is 11.4 Å². The molecule has 1 amide bonds. The Hall–Kier alpha value is -2.58. The molecule has 1 aromatic heterocycles. The van der Waals surface area contributed by atoms with Crippen molar-refractivity contribution < 1.29 is 13.9 Å². The Morgan fingerprint density at radius 1 is 1.24 bits per heavy atom. The average molecular weight is 435 g/mol. The smallest absolute Gasteiger partial charge is 0.230 e. The van der Waals surface area contributed by atoms with Crippen molar-refractivity contribution in [3.8, 4) is 5.75 Å². The first-order valence-corrected chi connectivity index (χ1v) is 10.3. The number of carbonyl (C=O) groups excluding carboxylic acids is 1. The van der Waals surface area contributed by atoms with E-state index in [1.165, 1.54) is 35.5 Å². The fourth-order valence-electron chi connectivity index (χ4n) is 2.50. The third-order valence-corrected chi connectivity index (χ3v) is 5.40. The number of nitrogens with zero attached hydrogens (tertiary/aromatic N) is 3. The summed E-state index contributed by atoms with van der Waals surface area (Å²) >= 11 is 7.24. The van der Waals surface area contributed by atoms with Gasteiger partial charge >= 0.3 is 0 Å². The summed E-state index contributed by atoms with van der Waals surface area (Å²) in [5, 5.41) is 11.9. The topological polar surface area (TPSA) is 69.0 Å². The van der Waals surface area contributed by atoms with Crippen LogP contribution in [0.3, 0.4) is 0 Å². The van der Waals surface area contributed by atoms with E-state index in [0.717, 1.165) is 6.42 Å². The maximum atomic E-state index is 13.1. The van der Waals surface area contributed by atoms with Crippen molar-refractivity contribution in [3.05, 3.63) is 70.8 Å². The lowest BCUT2D eigenvalue weighted by molar-refractivity contribution is -0.118. The molecule has 9 heteroatoms. The van der Waals surface area contributed by atoms with Crippen molar-refractivity contribution in [2.75, 3.05) is 12.3 Å². The summed E-state index contributed by atoms with van der Waals surface area (Å²) in [6.45, 7) is 0.707. The Labute approximate surface area is 177 Å². The number of halogens is 2. The minimum Gasteiger partial charge on any atom is -0.484 e. The van der Waals surface area contributed by atoms with Crippen molar-refractivity contribution in [1.82, 2.24) is 20.1 Å². The second-order valence-corrected chi connectivity index (χ2v) is 7.55. The number of aromatic nitrogens is 3. The SMILES string of the molecule is Cn1c(COc2ccc(F)cc2Cl)nnc1SCC(=O)NCCc1ccccc1. The van der Waals surface area contributed by atoms with E-state index < -0.39 is 5.82 Å². The zero-order valence-electron chi connectivity index (χ0n) is 15.8. The van der Waals surface area contributed by atoms with Crippen LogP contribution in [-0.4, -0.2) is 33.0 Å². The largest absolute Gasteiger partial charge is 0.484 e. The van der Waals surface area contributed by atoms with Crippen LogP contribution in [0, 0.1) is 5.82 Å². The predicted octanol–water partition coefficient (Wildman–Crippen LogP) is 3.64. The maximum absolute atomic E-state index is 13.1. The number of benzene rings is 2. The molecular formula is C20H20ClFN4O2S. The van der Waals surface area contributed by atoms with Crippen LogP contribution in [0.2, 0.25) is 5.02 Å². The Kier molecular flexibility index (Phi) is 7.48. The highest BCUT2D eigenvalue weighted by molar-refractivity contribution is 7.99.